The molecule has 2 aromatic heterocycles. The van der Waals surface area contributed by atoms with Crippen LogP contribution in [0.4, 0.5) is 21.5 Å². The lowest BCUT2D eigenvalue weighted by Crippen LogP contribution is -2.00. The molecule has 5 nitrogen and oxygen atoms in total. The van der Waals surface area contributed by atoms with Crippen LogP contribution in [0.2, 0.25) is 5.02 Å². The number of anilines is 3. The average molecular weight is 392 g/mol. The summed E-state index contributed by atoms with van der Waals surface area (Å²) in [5.41, 5.74) is 4.33. The number of nitrogens with one attached hydrogen (secondary N) is 3. The molecule has 4 rings (SSSR count). The first kappa shape index (κ1) is 17.8. The van der Waals surface area contributed by atoms with Gasteiger partial charge in [0.15, 0.2) is 0 Å². The lowest BCUT2D eigenvalue weighted by Gasteiger charge is -2.13. The van der Waals surface area contributed by atoms with Crippen molar-refractivity contribution < 1.29 is 4.39 Å². The van der Waals surface area contributed by atoms with Gasteiger partial charge in [0.25, 0.3) is 0 Å². The third-order valence-corrected chi connectivity index (χ3v) is 4.63. The number of fused-ring (bicyclic) bond motifs is 1. The second-order valence-corrected chi connectivity index (χ2v) is 6.62. The van der Waals surface area contributed by atoms with Crippen LogP contribution in [0.15, 0.2) is 61.1 Å². The van der Waals surface area contributed by atoms with Crippen LogP contribution in [-0.2, 0) is 6.54 Å². The molecule has 28 heavy (non-hydrogen) atoms. The first-order valence-corrected chi connectivity index (χ1v) is 8.92. The highest BCUT2D eigenvalue weighted by molar-refractivity contribution is 6.31. The van der Waals surface area contributed by atoms with Crippen LogP contribution in [0.3, 0.4) is 0 Å². The molecule has 138 valence electrons. The van der Waals surface area contributed by atoms with Crippen LogP contribution in [-0.4, -0.2) is 9.97 Å². The van der Waals surface area contributed by atoms with E-state index >= 15 is 0 Å². The van der Waals surface area contributed by atoms with Gasteiger partial charge >= 0.3 is 0 Å². The number of hydrogen-bond acceptors (Lipinski definition) is 4. The van der Waals surface area contributed by atoms with E-state index in [-0.39, 0.29) is 5.02 Å². The fraction of sp³-hybridized carbons (Fsp3) is 0.0476. The standard InChI is InChI=1S/C21H15ClFN5/c22-18-8-16(1-3-19(18)23)28-21-14(9-24)12-27-20-4-2-15(7-17(20)21)26-11-13-5-6-25-10-13/h1-8,10,12,25-26H,11H2,(H,27,28). The predicted molar refractivity (Wildman–Crippen MR) is 109 cm³/mol. The van der Waals surface area contributed by atoms with E-state index in [1.165, 1.54) is 18.3 Å². The topological polar surface area (TPSA) is 76.5 Å². The molecule has 0 atom stereocenters. The highest BCUT2D eigenvalue weighted by Crippen LogP contribution is 2.32. The molecule has 7 heteroatoms. The molecular weight excluding hydrogens is 377 g/mol. The minimum Gasteiger partial charge on any atom is -0.381 e. The predicted octanol–water partition coefficient (Wildman–Crippen LogP) is 5.58. The van der Waals surface area contributed by atoms with Crippen molar-refractivity contribution in [1.29, 1.82) is 5.26 Å². The summed E-state index contributed by atoms with van der Waals surface area (Å²) in [5, 5.41) is 16.8. The van der Waals surface area contributed by atoms with Crippen LogP contribution in [0.1, 0.15) is 11.1 Å². The number of hydrogen-bond donors (Lipinski definition) is 3. The summed E-state index contributed by atoms with van der Waals surface area (Å²) >= 11 is 5.88. The molecule has 2 aromatic carbocycles. The van der Waals surface area contributed by atoms with Crippen LogP contribution < -0.4 is 10.6 Å². The van der Waals surface area contributed by atoms with Crippen LogP contribution in [0.25, 0.3) is 10.9 Å². The van der Waals surface area contributed by atoms with E-state index in [1.807, 2.05) is 36.7 Å². The normalized spacial score (nSPS) is 10.6. The van der Waals surface area contributed by atoms with E-state index in [2.05, 4.69) is 26.7 Å². The number of pyridine rings is 1. The summed E-state index contributed by atoms with van der Waals surface area (Å²) in [6, 6.07) is 14.2. The van der Waals surface area contributed by atoms with E-state index in [9.17, 15) is 9.65 Å². The number of aromatic amines is 1. The minimum atomic E-state index is -0.497. The lowest BCUT2D eigenvalue weighted by atomic mass is 10.1. The number of H-pyrrole nitrogens is 1. The van der Waals surface area contributed by atoms with E-state index in [1.54, 1.807) is 6.07 Å². The zero-order valence-electron chi connectivity index (χ0n) is 14.6. The summed E-state index contributed by atoms with van der Waals surface area (Å²) < 4.78 is 13.5. The Hall–Kier alpha value is -3.56. The van der Waals surface area contributed by atoms with E-state index in [0.29, 0.717) is 23.5 Å². The number of rotatable bonds is 5. The molecule has 0 unspecified atom stereocenters. The van der Waals surface area contributed by atoms with Gasteiger partial charge in [-0.2, -0.15) is 5.26 Å². The maximum atomic E-state index is 13.5. The molecule has 0 saturated carbocycles. The molecule has 3 N–H and O–H groups in total. The molecule has 4 aromatic rings. The van der Waals surface area contributed by atoms with Gasteiger partial charge in [-0.05, 0) is 48.0 Å². The fourth-order valence-corrected chi connectivity index (χ4v) is 3.09. The van der Waals surface area contributed by atoms with Gasteiger partial charge in [0, 0.05) is 41.9 Å². The second-order valence-electron chi connectivity index (χ2n) is 6.22. The van der Waals surface area contributed by atoms with E-state index < -0.39 is 5.82 Å². The van der Waals surface area contributed by atoms with Crippen molar-refractivity contribution in [3.8, 4) is 6.07 Å². The maximum Gasteiger partial charge on any atom is 0.141 e. The van der Waals surface area contributed by atoms with Crippen molar-refractivity contribution in [1.82, 2.24) is 9.97 Å². The smallest absolute Gasteiger partial charge is 0.141 e. The summed E-state index contributed by atoms with van der Waals surface area (Å²) in [4.78, 5) is 7.38. The van der Waals surface area contributed by atoms with Gasteiger partial charge in [-0.15, -0.1) is 0 Å². The second kappa shape index (κ2) is 7.59. The van der Waals surface area contributed by atoms with Crippen molar-refractivity contribution in [2.24, 2.45) is 0 Å². The highest BCUT2D eigenvalue weighted by Gasteiger charge is 2.11. The molecule has 0 spiro atoms. The Bertz CT molecular complexity index is 1180. The number of nitriles is 1. The summed E-state index contributed by atoms with van der Waals surface area (Å²) in [7, 11) is 0. The Labute approximate surface area is 165 Å². The maximum absolute atomic E-state index is 13.5. The van der Waals surface area contributed by atoms with Crippen LogP contribution in [0, 0.1) is 17.1 Å². The molecule has 0 aliphatic carbocycles. The number of benzene rings is 2. The Balaban J connectivity index is 1.72. The average Bonchev–Trinajstić information content (AvgIpc) is 3.23. The van der Waals surface area contributed by atoms with Crippen LogP contribution >= 0.6 is 11.6 Å². The summed E-state index contributed by atoms with van der Waals surface area (Å²) in [6.07, 6.45) is 5.31. The quantitative estimate of drug-likeness (QED) is 0.415. The third kappa shape index (κ3) is 3.61. The molecular formula is C21H15ClFN5. The Morgan fingerprint density at radius 2 is 2.00 bits per heavy atom. The number of halogens is 2. The summed E-state index contributed by atoms with van der Waals surface area (Å²) in [6.45, 7) is 0.663. The zero-order valence-corrected chi connectivity index (χ0v) is 15.4. The molecule has 0 fully saturated rings. The lowest BCUT2D eigenvalue weighted by molar-refractivity contribution is 0.628. The van der Waals surface area contributed by atoms with Gasteiger partial charge in [-0.1, -0.05) is 11.6 Å². The molecule has 0 aliphatic rings. The van der Waals surface area contributed by atoms with E-state index in [0.717, 1.165) is 22.2 Å². The van der Waals surface area contributed by atoms with Gasteiger partial charge in [0.2, 0.25) is 0 Å². The van der Waals surface area contributed by atoms with Gasteiger partial charge in [0.1, 0.15) is 11.9 Å². The molecule has 0 amide bonds. The third-order valence-electron chi connectivity index (χ3n) is 4.34. The molecule has 0 saturated heterocycles. The SMILES string of the molecule is N#Cc1cnc2ccc(NCc3cc[nH]c3)cc2c1Nc1ccc(F)c(Cl)c1. The Kier molecular flexibility index (Phi) is 4.83. The van der Waals surface area contributed by atoms with Gasteiger partial charge in [-0.3, -0.25) is 4.98 Å². The molecule has 0 aliphatic heterocycles. The Morgan fingerprint density at radius 3 is 2.75 bits per heavy atom. The zero-order chi connectivity index (χ0) is 19.5. The fourth-order valence-electron chi connectivity index (χ4n) is 2.91. The van der Waals surface area contributed by atoms with Crippen LogP contribution in [0.5, 0.6) is 0 Å². The van der Waals surface area contributed by atoms with Gasteiger partial charge in [-0.25, -0.2) is 4.39 Å². The summed E-state index contributed by atoms with van der Waals surface area (Å²) in [5.74, 6) is -0.497. The van der Waals surface area contributed by atoms with Crippen molar-refractivity contribution >= 4 is 39.6 Å². The van der Waals surface area contributed by atoms with Gasteiger partial charge < -0.3 is 15.6 Å². The number of aromatic nitrogens is 2. The van der Waals surface area contributed by atoms with Crippen molar-refractivity contribution in [3.05, 3.63) is 83.0 Å². The minimum absolute atomic E-state index is 0.00993. The monoisotopic (exact) mass is 391 g/mol. The van der Waals surface area contributed by atoms with E-state index in [4.69, 9.17) is 11.6 Å². The first-order valence-electron chi connectivity index (χ1n) is 8.54. The van der Waals surface area contributed by atoms with Crippen molar-refractivity contribution in [2.45, 2.75) is 6.54 Å². The molecule has 0 bridgehead atoms. The van der Waals surface area contributed by atoms with Crippen molar-refractivity contribution in [2.75, 3.05) is 10.6 Å². The highest BCUT2D eigenvalue weighted by atomic mass is 35.5. The largest absolute Gasteiger partial charge is 0.381 e. The Morgan fingerprint density at radius 1 is 1.14 bits per heavy atom. The number of nitrogens with zero attached hydrogens (tertiary/aromatic N) is 2. The molecule has 2 heterocycles. The molecule has 0 radical (unpaired) electrons. The van der Waals surface area contributed by atoms with Crippen molar-refractivity contribution in [3.63, 3.8) is 0 Å². The van der Waals surface area contributed by atoms with Gasteiger partial charge in [0.05, 0.1) is 21.8 Å². The first-order chi connectivity index (χ1) is 13.6.